The van der Waals surface area contributed by atoms with Crippen LogP contribution in [0.2, 0.25) is 0 Å². The Morgan fingerprint density at radius 3 is 2.09 bits per heavy atom. The van der Waals surface area contributed by atoms with E-state index in [1.54, 1.807) is 0 Å². The fourth-order valence-corrected chi connectivity index (χ4v) is 3.59. The second-order valence-corrected chi connectivity index (χ2v) is 7.23. The second kappa shape index (κ2) is 5.51. The molecule has 2 rings (SSSR count). The summed E-state index contributed by atoms with van der Waals surface area (Å²) in [5.74, 6) is 0. The van der Waals surface area contributed by atoms with Gasteiger partial charge in [-0.05, 0) is 18.2 Å². The predicted octanol–water partition coefficient (Wildman–Crippen LogP) is 1.12. The normalized spacial score (nSPS) is 11.9. The third kappa shape index (κ3) is 3.00. The average Bonchev–Trinajstić information content (AvgIpc) is 2.44. The molecule has 9 heteroatoms. The van der Waals surface area contributed by atoms with Gasteiger partial charge in [0.25, 0.3) is 10.1 Å². The number of nitrogens with zero attached hydrogens (tertiary/aromatic N) is 1. The fraction of sp³-hybridized carbons (Fsp3) is 0. The van der Waals surface area contributed by atoms with E-state index in [4.69, 9.17) is 10.4 Å². The number of nitriles is 1. The van der Waals surface area contributed by atoms with Crippen LogP contribution < -0.4 is 5.14 Å². The lowest BCUT2D eigenvalue weighted by Gasteiger charge is -2.13. The second-order valence-electron chi connectivity index (χ2n) is 4.31. The first kappa shape index (κ1) is 16.1. The molecule has 0 atom stereocenters. The third-order valence-electron chi connectivity index (χ3n) is 2.89. The predicted molar refractivity (Wildman–Crippen MR) is 77.8 cm³/mol. The number of primary sulfonamides is 1. The summed E-state index contributed by atoms with van der Waals surface area (Å²) in [6, 6.07) is 10.9. The Kier molecular flexibility index (Phi) is 4.04. The molecule has 0 fully saturated rings. The minimum absolute atomic E-state index is 0.0437. The molecule has 114 valence electrons. The van der Waals surface area contributed by atoms with Gasteiger partial charge in [0.15, 0.2) is 0 Å². The van der Waals surface area contributed by atoms with Crippen molar-refractivity contribution in [1.82, 2.24) is 0 Å². The number of benzene rings is 2. The van der Waals surface area contributed by atoms with Crippen LogP contribution in [-0.2, 0) is 20.1 Å². The zero-order chi connectivity index (χ0) is 16.5. The molecular weight excluding hydrogens is 328 g/mol. The zero-order valence-corrected chi connectivity index (χ0v) is 12.6. The third-order valence-corrected chi connectivity index (χ3v) is 4.74. The lowest BCUT2D eigenvalue weighted by Crippen LogP contribution is -2.15. The van der Waals surface area contributed by atoms with E-state index < -0.39 is 29.9 Å². The van der Waals surface area contributed by atoms with Crippen molar-refractivity contribution in [2.24, 2.45) is 5.14 Å². The first-order valence-corrected chi connectivity index (χ1v) is 8.77. The molecule has 0 aliphatic heterocycles. The minimum atomic E-state index is -4.72. The van der Waals surface area contributed by atoms with E-state index in [1.165, 1.54) is 24.3 Å². The zero-order valence-electron chi connectivity index (χ0n) is 11.0. The van der Waals surface area contributed by atoms with Gasteiger partial charge in [0.05, 0.1) is 16.5 Å². The molecule has 7 nitrogen and oxygen atoms in total. The molecule has 0 bridgehead atoms. The van der Waals surface area contributed by atoms with Crippen LogP contribution in [0, 0.1) is 11.3 Å². The van der Waals surface area contributed by atoms with Crippen LogP contribution in [-0.4, -0.2) is 21.4 Å². The van der Waals surface area contributed by atoms with E-state index in [9.17, 15) is 21.4 Å². The molecule has 0 saturated heterocycles. The molecule has 0 aliphatic rings. The molecule has 0 spiro atoms. The number of nitrogens with two attached hydrogens (primary N) is 1. The van der Waals surface area contributed by atoms with Crippen molar-refractivity contribution in [2.75, 3.05) is 0 Å². The number of hydrogen-bond donors (Lipinski definition) is 2. The maximum atomic E-state index is 11.7. The first-order valence-electron chi connectivity index (χ1n) is 5.79. The van der Waals surface area contributed by atoms with Crippen molar-refractivity contribution in [1.29, 1.82) is 5.26 Å². The number of rotatable bonds is 3. The molecule has 0 heterocycles. The quantitative estimate of drug-likeness (QED) is 0.804. The SMILES string of the molecule is N#Cc1ccccc1-c1c(S(N)(=O)=O)cccc1S(=O)(=O)O. The van der Waals surface area contributed by atoms with Gasteiger partial charge in [0.2, 0.25) is 10.0 Å². The Balaban J connectivity index is 3.05. The van der Waals surface area contributed by atoms with Crippen LogP contribution in [0.3, 0.4) is 0 Å². The summed E-state index contributed by atoms with van der Waals surface area (Å²) in [6.07, 6.45) is 0. The van der Waals surface area contributed by atoms with Crippen molar-refractivity contribution in [3.8, 4) is 17.2 Å². The Morgan fingerprint density at radius 2 is 1.55 bits per heavy atom. The van der Waals surface area contributed by atoms with Crippen LogP contribution in [0.5, 0.6) is 0 Å². The average molecular weight is 338 g/mol. The van der Waals surface area contributed by atoms with E-state index in [0.717, 1.165) is 18.2 Å². The summed E-state index contributed by atoms with van der Waals surface area (Å²) in [4.78, 5) is -1.13. The van der Waals surface area contributed by atoms with Gasteiger partial charge in [0.1, 0.15) is 4.90 Å². The Morgan fingerprint density at radius 1 is 0.955 bits per heavy atom. The van der Waals surface area contributed by atoms with Gasteiger partial charge in [-0.3, -0.25) is 4.55 Å². The maximum absolute atomic E-state index is 11.7. The summed E-state index contributed by atoms with van der Waals surface area (Å²) in [7, 11) is -8.99. The standard InChI is InChI=1S/C13H10N2O5S2/c14-8-9-4-1-2-5-10(9)13-11(21(15,16)17)6-3-7-12(13)22(18,19)20/h1-7H,(H2,15,16,17)(H,18,19,20). The summed E-state index contributed by atoms with van der Waals surface area (Å²) < 4.78 is 55.9. The number of hydrogen-bond acceptors (Lipinski definition) is 5. The molecule has 0 aliphatic carbocycles. The number of sulfonamides is 1. The van der Waals surface area contributed by atoms with Gasteiger partial charge < -0.3 is 0 Å². The van der Waals surface area contributed by atoms with E-state index in [1.807, 2.05) is 6.07 Å². The highest BCUT2D eigenvalue weighted by atomic mass is 32.2. The van der Waals surface area contributed by atoms with Crippen LogP contribution in [0.15, 0.2) is 52.3 Å². The van der Waals surface area contributed by atoms with Crippen molar-refractivity contribution < 1.29 is 21.4 Å². The highest BCUT2D eigenvalue weighted by Gasteiger charge is 2.25. The lowest BCUT2D eigenvalue weighted by molar-refractivity contribution is 0.483. The highest BCUT2D eigenvalue weighted by molar-refractivity contribution is 7.89. The molecule has 0 unspecified atom stereocenters. The van der Waals surface area contributed by atoms with E-state index in [-0.39, 0.29) is 16.7 Å². The Hall–Kier alpha value is -2.25. The van der Waals surface area contributed by atoms with Gasteiger partial charge in [-0.25, -0.2) is 13.6 Å². The Bertz CT molecular complexity index is 939. The van der Waals surface area contributed by atoms with Gasteiger partial charge in [0, 0.05) is 11.1 Å². The van der Waals surface area contributed by atoms with Crippen molar-refractivity contribution >= 4 is 20.1 Å². The van der Waals surface area contributed by atoms with Crippen LogP contribution in [0.1, 0.15) is 5.56 Å². The van der Waals surface area contributed by atoms with E-state index in [0.29, 0.717) is 0 Å². The van der Waals surface area contributed by atoms with Crippen molar-refractivity contribution in [3.05, 3.63) is 48.0 Å². The fourth-order valence-electron chi connectivity index (χ4n) is 2.03. The van der Waals surface area contributed by atoms with E-state index in [2.05, 4.69) is 0 Å². The first-order chi connectivity index (χ1) is 10.2. The van der Waals surface area contributed by atoms with E-state index >= 15 is 0 Å². The summed E-state index contributed by atoms with van der Waals surface area (Å²) in [6.45, 7) is 0. The Labute approximate surface area is 127 Å². The summed E-state index contributed by atoms with van der Waals surface area (Å²) in [5.41, 5.74) is -0.240. The topological polar surface area (TPSA) is 138 Å². The van der Waals surface area contributed by atoms with Crippen LogP contribution >= 0.6 is 0 Å². The van der Waals surface area contributed by atoms with Crippen molar-refractivity contribution in [2.45, 2.75) is 9.79 Å². The van der Waals surface area contributed by atoms with Gasteiger partial charge in [-0.15, -0.1) is 0 Å². The minimum Gasteiger partial charge on any atom is -0.282 e. The smallest absolute Gasteiger partial charge is 0.282 e. The molecule has 2 aromatic rings. The molecular formula is C13H10N2O5S2. The van der Waals surface area contributed by atoms with Gasteiger partial charge >= 0.3 is 0 Å². The molecule has 0 radical (unpaired) electrons. The molecule has 3 N–H and O–H groups in total. The highest BCUT2D eigenvalue weighted by Crippen LogP contribution is 2.34. The molecule has 0 aromatic heterocycles. The van der Waals surface area contributed by atoms with Gasteiger partial charge in [-0.2, -0.15) is 13.7 Å². The monoisotopic (exact) mass is 338 g/mol. The molecule has 22 heavy (non-hydrogen) atoms. The molecule has 2 aromatic carbocycles. The molecule has 0 saturated carbocycles. The van der Waals surface area contributed by atoms with Crippen LogP contribution in [0.25, 0.3) is 11.1 Å². The largest absolute Gasteiger partial charge is 0.295 e. The lowest BCUT2D eigenvalue weighted by atomic mass is 10.0. The van der Waals surface area contributed by atoms with Crippen LogP contribution in [0.4, 0.5) is 0 Å². The van der Waals surface area contributed by atoms with Crippen molar-refractivity contribution in [3.63, 3.8) is 0 Å². The molecule has 0 amide bonds. The summed E-state index contributed by atoms with van der Waals surface area (Å²) >= 11 is 0. The van der Waals surface area contributed by atoms with Gasteiger partial charge in [-0.1, -0.05) is 24.3 Å². The summed E-state index contributed by atoms with van der Waals surface area (Å²) in [5, 5.41) is 14.2. The maximum Gasteiger partial charge on any atom is 0.295 e.